The Kier molecular flexibility index (Phi) is 9.29. The number of ether oxygens (including phenoxy) is 1. The van der Waals surface area contributed by atoms with E-state index < -0.39 is 0 Å². The first-order valence-corrected chi connectivity index (χ1v) is 11.9. The summed E-state index contributed by atoms with van der Waals surface area (Å²) in [6.07, 6.45) is 14.6. The summed E-state index contributed by atoms with van der Waals surface area (Å²) < 4.78 is 5.36. The molecule has 164 valence electrons. The van der Waals surface area contributed by atoms with Gasteiger partial charge in [0.25, 0.3) is 0 Å². The number of rotatable bonds is 12. The summed E-state index contributed by atoms with van der Waals surface area (Å²) in [4.78, 5) is 12.3. The predicted octanol–water partition coefficient (Wildman–Crippen LogP) is 6.46. The Morgan fingerprint density at radius 1 is 0.871 bits per heavy atom. The van der Waals surface area contributed by atoms with Crippen molar-refractivity contribution in [3.63, 3.8) is 0 Å². The molecule has 0 aromatic heterocycles. The van der Waals surface area contributed by atoms with E-state index in [0.29, 0.717) is 17.2 Å². The Bertz CT molecular complexity index is 902. The third kappa shape index (κ3) is 7.95. The molecule has 0 amide bonds. The van der Waals surface area contributed by atoms with Gasteiger partial charge in [-0.3, -0.25) is 4.79 Å². The van der Waals surface area contributed by atoms with Gasteiger partial charge in [0.05, 0.1) is 0 Å². The molecule has 3 rings (SSSR count). The van der Waals surface area contributed by atoms with Crippen LogP contribution in [0.1, 0.15) is 74.5 Å². The minimum Gasteiger partial charge on any atom is -0.427 e. The van der Waals surface area contributed by atoms with E-state index in [1.165, 1.54) is 49.7 Å². The van der Waals surface area contributed by atoms with Gasteiger partial charge < -0.3 is 10.5 Å². The van der Waals surface area contributed by atoms with E-state index in [1.54, 1.807) is 29.8 Å². The van der Waals surface area contributed by atoms with Crippen LogP contribution >= 0.6 is 12.2 Å². The maximum atomic E-state index is 12.0. The number of carbonyl (C=O) groups is 1. The van der Waals surface area contributed by atoms with Gasteiger partial charge in [-0.05, 0) is 67.5 Å². The molecule has 3 nitrogen and oxygen atoms in total. The van der Waals surface area contributed by atoms with Crippen molar-refractivity contribution in [1.29, 1.82) is 0 Å². The fraction of sp³-hybridized carbons (Fsp3) is 0.407. The Morgan fingerprint density at radius 3 is 2.23 bits per heavy atom. The fourth-order valence-corrected chi connectivity index (χ4v) is 4.20. The molecular weight excluding hydrogens is 402 g/mol. The Morgan fingerprint density at radius 2 is 1.52 bits per heavy atom. The zero-order chi connectivity index (χ0) is 21.9. The average Bonchev–Trinajstić information content (AvgIpc) is 2.78. The summed E-state index contributed by atoms with van der Waals surface area (Å²) in [5.41, 5.74) is 11.0. The van der Waals surface area contributed by atoms with E-state index in [4.69, 9.17) is 22.7 Å². The second-order valence-corrected chi connectivity index (χ2v) is 8.79. The van der Waals surface area contributed by atoms with E-state index in [9.17, 15) is 4.79 Å². The number of esters is 1. The molecule has 1 aliphatic rings. The second-order valence-electron chi connectivity index (χ2n) is 8.35. The highest BCUT2D eigenvalue weighted by atomic mass is 32.1. The lowest BCUT2D eigenvalue weighted by molar-refractivity contribution is -0.134. The zero-order valence-electron chi connectivity index (χ0n) is 18.3. The van der Waals surface area contributed by atoms with Gasteiger partial charge in [0.15, 0.2) is 0 Å². The topological polar surface area (TPSA) is 52.3 Å². The molecule has 0 aliphatic heterocycles. The van der Waals surface area contributed by atoms with Gasteiger partial charge in [-0.1, -0.05) is 80.2 Å². The van der Waals surface area contributed by atoms with Crippen LogP contribution in [0.15, 0.2) is 60.2 Å². The number of benzene rings is 2. The third-order valence-electron chi connectivity index (χ3n) is 5.90. The molecule has 0 radical (unpaired) electrons. The smallest absolute Gasteiger partial charge is 0.311 e. The summed E-state index contributed by atoms with van der Waals surface area (Å²) in [5.74, 6) is 0.368. The molecule has 2 N–H and O–H groups in total. The van der Waals surface area contributed by atoms with Crippen molar-refractivity contribution in [2.45, 2.75) is 70.6 Å². The van der Waals surface area contributed by atoms with Gasteiger partial charge in [0, 0.05) is 12.0 Å². The predicted molar refractivity (Wildman–Crippen MR) is 131 cm³/mol. The van der Waals surface area contributed by atoms with Crippen molar-refractivity contribution in [1.82, 2.24) is 0 Å². The summed E-state index contributed by atoms with van der Waals surface area (Å²) in [6.45, 7) is 0. The van der Waals surface area contributed by atoms with Gasteiger partial charge in [-0.2, -0.15) is 0 Å². The van der Waals surface area contributed by atoms with Crippen LogP contribution in [-0.2, 0) is 17.6 Å². The number of carbonyl (C=O) groups excluding carboxylic acids is 1. The van der Waals surface area contributed by atoms with Gasteiger partial charge in [-0.15, -0.1) is 0 Å². The molecular formula is C27H33NO2S. The first kappa shape index (κ1) is 23.2. The highest BCUT2D eigenvalue weighted by Crippen LogP contribution is 2.24. The summed E-state index contributed by atoms with van der Waals surface area (Å²) in [6, 6.07) is 15.8. The first-order chi connectivity index (χ1) is 15.1. The van der Waals surface area contributed by atoms with Crippen LogP contribution in [0.2, 0.25) is 0 Å². The molecule has 0 fully saturated rings. The monoisotopic (exact) mass is 435 g/mol. The molecule has 0 saturated heterocycles. The van der Waals surface area contributed by atoms with Crippen LogP contribution < -0.4 is 10.5 Å². The van der Waals surface area contributed by atoms with E-state index >= 15 is 0 Å². The van der Waals surface area contributed by atoms with Crippen molar-refractivity contribution < 1.29 is 9.53 Å². The number of hydrogen-bond acceptors (Lipinski definition) is 3. The highest BCUT2D eigenvalue weighted by molar-refractivity contribution is 7.80. The largest absolute Gasteiger partial charge is 0.427 e. The highest BCUT2D eigenvalue weighted by Gasteiger charge is 2.10. The summed E-state index contributed by atoms with van der Waals surface area (Å²) in [5, 5.41) is 0. The lowest BCUT2D eigenvalue weighted by Crippen LogP contribution is -2.10. The maximum absolute atomic E-state index is 12.0. The lowest BCUT2D eigenvalue weighted by atomic mass is 9.89. The van der Waals surface area contributed by atoms with E-state index in [0.717, 1.165) is 31.2 Å². The molecule has 0 spiro atoms. The van der Waals surface area contributed by atoms with E-state index in [-0.39, 0.29) is 5.97 Å². The van der Waals surface area contributed by atoms with Crippen molar-refractivity contribution in [2.75, 3.05) is 0 Å². The molecule has 0 unspecified atom stereocenters. The molecule has 0 saturated carbocycles. The Balaban J connectivity index is 1.18. The minimum atomic E-state index is -0.176. The molecule has 0 bridgehead atoms. The van der Waals surface area contributed by atoms with Crippen LogP contribution in [0.25, 0.3) is 0 Å². The van der Waals surface area contributed by atoms with Gasteiger partial charge in [0.1, 0.15) is 10.7 Å². The van der Waals surface area contributed by atoms with Gasteiger partial charge >= 0.3 is 5.97 Å². The number of unbranched alkanes of at least 4 members (excludes halogenated alkanes) is 6. The number of nitrogens with two attached hydrogens (primary N) is 1. The second kappa shape index (κ2) is 12.4. The third-order valence-corrected chi connectivity index (χ3v) is 6.13. The Hall–Kier alpha value is -2.46. The minimum absolute atomic E-state index is 0.176. The molecule has 4 heteroatoms. The van der Waals surface area contributed by atoms with Gasteiger partial charge in [0.2, 0.25) is 0 Å². The van der Waals surface area contributed by atoms with Crippen LogP contribution in [-0.4, -0.2) is 11.0 Å². The zero-order valence-corrected chi connectivity index (χ0v) is 19.1. The molecule has 31 heavy (non-hydrogen) atoms. The van der Waals surface area contributed by atoms with Crippen molar-refractivity contribution in [3.05, 3.63) is 76.9 Å². The SMILES string of the molecule is NC(=S)c1ccc(OC(=O)CCCCCCCCCC2=CCc3ccccc3C2)cc1. The molecule has 0 atom stereocenters. The fourth-order valence-electron chi connectivity index (χ4n) is 4.07. The van der Waals surface area contributed by atoms with Crippen LogP contribution in [0.3, 0.4) is 0 Å². The van der Waals surface area contributed by atoms with Crippen LogP contribution in [0.4, 0.5) is 0 Å². The molecule has 2 aromatic rings. The number of fused-ring (bicyclic) bond motifs is 1. The quantitative estimate of drug-likeness (QED) is 0.137. The summed E-state index contributed by atoms with van der Waals surface area (Å²) >= 11 is 4.92. The number of thiocarbonyl (C=S) groups is 1. The number of hydrogen-bond donors (Lipinski definition) is 1. The lowest BCUT2D eigenvalue weighted by Gasteiger charge is -2.16. The average molecular weight is 436 g/mol. The number of allylic oxidation sites excluding steroid dienone is 2. The maximum Gasteiger partial charge on any atom is 0.311 e. The standard InChI is InChI=1S/C27H33NO2S/c28-27(31)23-16-18-25(19-17-23)30-26(29)13-7-5-3-1-2-4-6-10-21-14-15-22-11-8-9-12-24(22)20-21/h8-9,11-12,14,16-19H,1-7,10,13,15,20H2,(H2,28,31). The summed E-state index contributed by atoms with van der Waals surface area (Å²) in [7, 11) is 0. The van der Waals surface area contributed by atoms with Crippen LogP contribution in [0, 0.1) is 0 Å². The first-order valence-electron chi connectivity index (χ1n) is 11.5. The van der Waals surface area contributed by atoms with Gasteiger partial charge in [-0.25, -0.2) is 0 Å². The van der Waals surface area contributed by atoms with Crippen molar-refractivity contribution in [2.24, 2.45) is 5.73 Å². The van der Waals surface area contributed by atoms with Crippen LogP contribution in [0.5, 0.6) is 5.75 Å². The van der Waals surface area contributed by atoms with Crippen molar-refractivity contribution >= 4 is 23.2 Å². The Labute approximate surface area is 191 Å². The van der Waals surface area contributed by atoms with E-state index in [1.807, 2.05) is 0 Å². The van der Waals surface area contributed by atoms with Crippen molar-refractivity contribution in [3.8, 4) is 5.75 Å². The molecule has 1 aliphatic carbocycles. The molecule has 0 heterocycles. The normalized spacial score (nSPS) is 12.7. The molecule has 2 aromatic carbocycles. The van der Waals surface area contributed by atoms with E-state index in [2.05, 4.69) is 30.3 Å².